The lowest BCUT2D eigenvalue weighted by molar-refractivity contribution is -0.253. The van der Waals surface area contributed by atoms with E-state index in [1.54, 1.807) is 60.7 Å². The zero-order chi connectivity index (χ0) is 43.1. The lowest BCUT2D eigenvalue weighted by atomic mass is 10.1. The first-order chi connectivity index (χ1) is 29.5. The van der Waals surface area contributed by atoms with E-state index in [-0.39, 0.29) is 52.2 Å². The SMILES string of the molecule is Cc1ccc(OOSOc2ccc(C(=O)O)c(C(=O)Nc3cccc(S(=O)Oc4cccc(NOCc5cc(OS(=O)Oc6ccc(C)cc6)ccc5COO)c4)c3)c2)cc1. The number of hydrogen-bond acceptors (Lipinski definition) is 15. The van der Waals surface area contributed by atoms with Crippen LogP contribution in [0.2, 0.25) is 0 Å². The van der Waals surface area contributed by atoms with Gasteiger partial charge in [0.2, 0.25) is 11.1 Å². The van der Waals surface area contributed by atoms with E-state index in [0.717, 1.165) is 11.1 Å². The summed E-state index contributed by atoms with van der Waals surface area (Å²) in [5.41, 5.74) is 6.06. The molecule has 0 bridgehead atoms. The maximum absolute atomic E-state index is 13.3. The van der Waals surface area contributed by atoms with Gasteiger partial charge in [0, 0.05) is 11.8 Å². The van der Waals surface area contributed by atoms with E-state index in [4.69, 9.17) is 36.0 Å². The Bertz CT molecular complexity index is 2510. The van der Waals surface area contributed by atoms with E-state index < -0.39 is 34.3 Å². The number of hydrogen-bond donors (Lipinski definition) is 4. The number of carboxylic acid groups (broad SMARTS) is 1. The number of amides is 1. The van der Waals surface area contributed by atoms with Crippen LogP contribution in [0.4, 0.5) is 11.4 Å². The Kier molecular flexibility index (Phi) is 15.7. The van der Waals surface area contributed by atoms with Crippen LogP contribution >= 0.6 is 12.3 Å². The monoisotopic (exact) mass is 888 g/mol. The lowest BCUT2D eigenvalue weighted by Gasteiger charge is -2.13. The molecule has 0 aliphatic heterocycles. The maximum atomic E-state index is 13.3. The van der Waals surface area contributed by atoms with Gasteiger partial charge in [-0.2, -0.15) is 4.21 Å². The number of rotatable bonds is 21. The summed E-state index contributed by atoms with van der Waals surface area (Å²) < 4.78 is 52.7. The van der Waals surface area contributed by atoms with Gasteiger partial charge in [0.25, 0.3) is 18.2 Å². The molecule has 0 spiro atoms. The molecule has 0 heterocycles. The van der Waals surface area contributed by atoms with Crippen molar-refractivity contribution in [2.45, 2.75) is 32.0 Å². The normalized spacial score (nSPS) is 11.8. The van der Waals surface area contributed by atoms with Gasteiger partial charge < -0.3 is 32.0 Å². The second-order valence-electron chi connectivity index (χ2n) is 12.7. The van der Waals surface area contributed by atoms with E-state index in [2.05, 4.69) is 15.7 Å². The molecular formula is C42H36N2O14S3. The van der Waals surface area contributed by atoms with Crippen molar-refractivity contribution in [3.63, 3.8) is 0 Å². The number of carbonyl (C=O) groups excluding carboxylic acids is 1. The molecule has 316 valence electrons. The average Bonchev–Trinajstić information content (AvgIpc) is 3.25. The minimum absolute atomic E-state index is 0.0565. The Morgan fingerprint density at radius 3 is 2.03 bits per heavy atom. The van der Waals surface area contributed by atoms with Crippen molar-refractivity contribution in [3.05, 3.63) is 167 Å². The Morgan fingerprint density at radius 1 is 0.639 bits per heavy atom. The summed E-state index contributed by atoms with van der Waals surface area (Å²) in [6, 6.07) is 35.0. The minimum Gasteiger partial charge on any atom is -0.478 e. The molecule has 0 radical (unpaired) electrons. The third-order valence-electron chi connectivity index (χ3n) is 8.23. The summed E-state index contributed by atoms with van der Waals surface area (Å²) in [6.45, 7) is 3.63. The fourth-order valence-electron chi connectivity index (χ4n) is 5.24. The number of benzene rings is 6. The van der Waals surface area contributed by atoms with Gasteiger partial charge in [-0.1, -0.05) is 57.9 Å². The highest BCUT2D eigenvalue weighted by Crippen LogP contribution is 2.27. The Hall–Kier alpha value is -6.45. The van der Waals surface area contributed by atoms with Crippen molar-refractivity contribution in [1.29, 1.82) is 0 Å². The second kappa shape index (κ2) is 21.7. The van der Waals surface area contributed by atoms with Crippen molar-refractivity contribution in [3.8, 4) is 28.7 Å². The third-order valence-corrected chi connectivity index (χ3v) is 10.3. The van der Waals surface area contributed by atoms with E-state index in [9.17, 15) is 23.1 Å². The zero-order valence-electron chi connectivity index (χ0n) is 32.1. The molecule has 0 saturated carbocycles. The second-order valence-corrected chi connectivity index (χ2v) is 15.0. The number of carboxylic acids is 1. The van der Waals surface area contributed by atoms with Crippen molar-refractivity contribution < 1.29 is 64.0 Å². The average molecular weight is 889 g/mol. The van der Waals surface area contributed by atoms with E-state index in [0.29, 0.717) is 40.6 Å². The van der Waals surface area contributed by atoms with Crippen molar-refractivity contribution in [1.82, 2.24) is 0 Å². The van der Waals surface area contributed by atoms with Crippen molar-refractivity contribution in [2.75, 3.05) is 10.8 Å². The topological polar surface area (TPSA) is 207 Å². The molecule has 2 unspecified atom stereocenters. The summed E-state index contributed by atoms with van der Waals surface area (Å²) in [7, 11) is 0. The van der Waals surface area contributed by atoms with Crippen LogP contribution in [-0.4, -0.2) is 30.7 Å². The summed E-state index contributed by atoms with van der Waals surface area (Å²) >= 11 is -3.74. The molecule has 1 amide bonds. The van der Waals surface area contributed by atoms with Gasteiger partial charge in [-0.25, -0.2) is 13.9 Å². The molecule has 0 aliphatic rings. The highest BCUT2D eigenvalue weighted by molar-refractivity contribution is 7.90. The standard InChI is InChI=1S/C42H36N2O14S3/c1-27-9-14-33(15-10-27)53-58-59-54-35-19-20-39(42(46)47)40(24-35)41(45)43-31-5-4-8-38(23-31)60(49)55-36-7-3-6-32(22-36)44-51-25-30-21-37(18-13-29(30)26-52-48)57-61(50)56-34-16-11-28(2)12-17-34/h3-24,44,48H,25-26H2,1-2H3,(H,43,45)(H,46,47). The first-order valence-corrected chi connectivity index (χ1v) is 20.6. The van der Waals surface area contributed by atoms with Crippen LogP contribution in [0.15, 0.2) is 138 Å². The molecule has 16 nitrogen and oxygen atoms in total. The van der Waals surface area contributed by atoms with Gasteiger partial charge in [0.05, 0.1) is 21.7 Å². The number of anilines is 2. The molecule has 0 aliphatic carbocycles. The number of carbonyl (C=O) groups is 2. The quantitative estimate of drug-likeness (QED) is 0.0230. The van der Waals surface area contributed by atoms with Gasteiger partial charge in [0.1, 0.15) is 36.2 Å². The molecule has 6 aromatic carbocycles. The molecule has 0 fully saturated rings. The predicted molar refractivity (Wildman–Crippen MR) is 225 cm³/mol. The fraction of sp³-hybridized carbons (Fsp3) is 0.0952. The maximum Gasteiger partial charge on any atom is 0.417 e. The van der Waals surface area contributed by atoms with Crippen LogP contribution in [0.3, 0.4) is 0 Å². The van der Waals surface area contributed by atoms with Gasteiger partial charge in [-0.3, -0.25) is 20.4 Å². The van der Waals surface area contributed by atoms with Crippen LogP contribution in [0, 0.1) is 13.8 Å². The summed E-state index contributed by atoms with van der Waals surface area (Å²) in [5.74, 6) is -0.791. The largest absolute Gasteiger partial charge is 0.478 e. The molecule has 19 heteroatoms. The molecule has 6 rings (SSSR count). The fourth-order valence-corrected chi connectivity index (χ4v) is 6.90. The molecule has 0 aromatic heterocycles. The molecule has 4 N–H and O–H groups in total. The Balaban J connectivity index is 1.03. The summed E-state index contributed by atoms with van der Waals surface area (Å²) in [5, 5.41) is 21.5. The van der Waals surface area contributed by atoms with Crippen molar-refractivity contribution in [2.24, 2.45) is 0 Å². The van der Waals surface area contributed by atoms with Gasteiger partial charge in [-0.15, -0.1) is 0 Å². The highest BCUT2D eigenvalue weighted by Gasteiger charge is 2.20. The van der Waals surface area contributed by atoms with Crippen LogP contribution in [0.1, 0.15) is 43.0 Å². The van der Waals surface area contributed by atoms with Crippen LogP contribution < -0.4 is 32.4 Å². The first kappa shape index (κ1) is 44.1. The minimum atomic E-state index is -2.15. The van der Waals surface area contributed by atoms with Gasteiger partial charge >= 0.3 is 17.3 Å². The first-order valence-electron chi connectivity index (χ1n) is 17.9. The number of nitrogens with one attached hydrogen (secondary N) is 2. The van der Waals surface area contributed by atoms with Crippen LogP contribution in [-0.2, 0) is 49.7 Å². The van der Waals surface area contributed by atoms with E-state index >= 15 is 0 Å². The lowest BCUT2D eigenvalue weighted by Crippen LogP contribution is -2.17. The molecule has 0 saturated heterocycles. The third kappa shape index (κ3) is 13.3. The summed E-state index contributed by atoms with van der Waals surface area (Å²) in [4.78, 5) is 40.6. The summed E-state index contributed by atoms with van der Waals surface area (Å²) in [6.07, 6.45) is 0. The smallest absolute Gasteiger partial charge is 0.417 e. The zero-order valence-corrected chi connectivity index (χ0v) is 34.6. The molecule has 2 atom stereocenters. The number of aromatic carboxylic acids is 1. The highest BCUT2D eigenvalue weighted by atomic mass is 32.2. The van der Waals surface area contributed by atoms with E-state index in [1.165, 1.54) is 48.5 Å². The van der Waals surface area contributed by atoms with E-state index in [1.807, 2.05) is 38.1 Å². The number of aryl methyl sites for hydroxylation is 2. The van der Waals surface area contributed by atoms with Crippen LogP contribution in [0.25, 0.3) is 0 Å². The van der Waals surface area contributed by atoms with Gasteiger partial charge in [-0.05, 0) is 110 Å². The molecular weight excluding hydrogens is 853 g/mol. The van der Waals surface area contributed by atoms with Crippen molar-refractivity contribution >= 4 is 58.0 Å². The Morgan fingerprint density at radius 2 is 1.30 bits per heavy atom. The molecule has 61 heavy (non-hydrogen) atoms. The predicted octanol–water partition coefficient (Wildman–Crippen LogP) is 8.88. The molecule has 6 aromatic rings. The Labute approximate surface area is 359 Å². The van der Waals surface area contributed by atoms with Gasteiger partial charge in [0.15, 0.2) is 5.75 Å². The van der Waals surface area contributed by atoms with Crippen LogP contribution in [0.5, 0.6) is 28.7 Å².